The summed E-state index contributed by atoms with van der Waals surface area (Å²) >= 11 is -2.38. The summed E-state index contributed by atoms with van der Waals surface area (Å²) in [6.07, 6.45) is 9.04. The summed E-state index contributed by atoms with van der Waals surface area (Å²) in [4.78, 5) is 0. The van der Waals surface area contributed by atoms with Crippen molar-refractivity contribution >= 4 is 20.2 Å². The van der Waals surface area contributed by atoms with Crippen LogP contribution in [0.25, 0.3) is 0 Å². The van der Waals surface area contributed by atoms with E-state index in [-0.39, 0.29) is 0 Å². The van der Waals surface area contributed by atoms with Crippen LogP contribution in [0.5, 0.6) is 0 Å². The summed E-state index contributed by atoms with van der Waals surface area (Å²) in [6.45, 7) is 9.09. The Bertz CT molecular complexity index is 1280. The van der Waals surface area contributed by atoms with E-state index in [2.05, 4.69) is 76.2 Å². The van der Waals surface area contributed by atoms with Crippen LogP contribution in [0.1, 0.15) is 95.9 Å². The van der Waals surface area contributed by atoms with Gasteiger partial charge in [0.2, 0.25) is 0 Å². The molecule has 4 aromatic rings. The standard InChI is InChI=1S/C14H12.2C11H15.2ClH.Zr/c1-3-7-13(8-4-1)11-12-14-9-5-2-6-10-14;2*1-8-6-10-5-3-4-9(2)11(10)7-8;;;/h1-10H,11H2;2*6-7,9H,3-5H2,1-2H3;2*1H;/q;2*-1;;;+2/p-2. The summed E-state index contributed by atoms with van der Waals surface area (Å²) in [5.74, 6) is 1.62. The van der Waals surface area contributed by atoms with Gasteiger partial charge in [0.05, 0.1) is 0 Å². The van der Waals surface area contributed by atoms with Gasteiger partial charge in [0, 0.05) is 0 Å². The van der Waals surface area contributed by atoms with Crippen LogP contribution in [0.4, 0.5) is 0 Å². The molecule has 0 aromatic heterocycles. The molecule has 0 aliphatic heterocycles. The molecule has 0 fully saturated rings. The van der Waals surface area contributed by atoms with Gasteiger partial charge in [-0.2, -0.15) is 45.5 Å². The van der Waals surface area contributed by atoms with Crippen LogP contribution in [0.15, 0.2) is 84.9 Å². The van der Waals surface area contributed by atoms with Crippen molar-refractivity contribution < 1.29 is 18.9 Å². The van der Waals surface area contributed by atoms with Crippen LogP contribution in [-0.2, 0) is 38.1 Å². The van der Waals surface area contributed by atoms with Crippen LogP contribution in [0, 0.1) is 13.8 Å². The predicted molar refractivity (Wildman–Crippen MR) is 169 cm³/mol. The molecule has 0 saturated carbocycles. The van der Waals surface area contributed by atoms with E-state index in [0.717, 1.165) is 18.3 Å². The van der Waals surface area contributed by atoms with E-state index in [4.69, 9.17) is 17.0 Å². The zero-order valence-corrected chi connectivity index (χ0v) is 27.9. The second kappa shape index (κ2) is 14.9. The summed E-state index contributed by atoms with van der Waals surface area (Å²) in [7, 11) is 12.5. The van der Waals surface area contributed by atoms with Gasteiger partial charge < -0.3 is 0 Å². The van der Waals surface area contributed by atoms with E-state index in [1.165, 1.54) is 64.0 Å². The molecule has 6 rings (SSSR count). The molecule has 2 atom stereocenters. The first-order valence-electron chi connectivity index (χ1n) is 14.5. The number of aryl methyl sites for hydroxylation is 4. The predicted octanol–water partition coefficient (Wildman–Crippen LogP) is 10.7. The summed E-state index contributed by atoms with van der Waals surface area (Å²) < 4.78 is 1.24. The SMILES string of the molecule is Cc1cc2c([cH-]1)CCCC2C.Cc1cc2c([cH-]1)CCCC2C.[Cl][Zr]([Cl])=[C](Cc1ccccc1)c1ccccc1. The normalized spacial score (nSPS) is 17.5. The molecule has 4 aromatic carbocycles. The first-order chi connectivity index (χ1) is 18.8. The van der Waals surface area contributed by atoms with Crippen molar-refractivity contribution in [3.63, 3.8) is 0 Å². The van der Waals surface area contributed by atoms with E-state index in [0.29, 0.717) is 0 Å². The van der Waals surface area contributed by atoms with E-state index < -0.39 is 18.9 Å². The third kappa shape index (κ3) is 8.73. The molecule has 2 aliphatic carbocycles. The monoisotopic (exact) mass is 634 g/mol. The van der Waals surface area contributed by atoms with Gasteiger partial charge in [-0.1, -0.05) is 78.1 Å². The molecule has 0 spiro atoms. The Morgan fingerprint density at radius 3 is 1.64 bits per heavy atom. The molecular weight excluding hydrogens is 595 g/mol. The van der Waals surface area contributed by atoms with Gasteiger partial charge in [-0.25, -0.2) is 12.1 Å². The van der Waals surface area contributed by atoms with Crippen molar-refractivity contribution in [1.82, 2.24) is 0 Å². The molecule has 0 saturated heterocycles. The number of rotatable bonds is 3. The minimum atomic E-state index is -2.38. The fourth-order valence-electron chi connectivity index (χ4n) is 6.05. The molecule has 2 aliphatic rings. The second-order valence-electron chi connectivity index (χ2n) is 11.4. The Balaban J connectivity index is 0.000000141. The Morgan fingerprint density at radius 1 is 0.744 bits per heavy atom. The van der Waals surface area contributed by atoms with Crippen LogP contribution in [0.2, 0.25) is 0 Å². The molecule has 3 heteroatoms. The fraction of sp³-hybridized carbons (Fsp3) is 0.361. The molecule has 39 heavy (non-hydrogen) atoms. The van der Waals surface area contributed by atoms with E-state index in [9.17, 15) is 0 Å². The second-order valence-corrected chi connectivity index (χ2v) is 19.8. The minimum absolute atomic E-state index is 0.812. The Labute approximate surface area is 251 Å². The zero-order chi connectivity index (χ0) is 27.8. The fourth-order valence-corrected chi connectivity index (χ4v) is 9.91. The van der Waals surface area contributed by atoms with Crippen LogP contribution < -0.4 is 0 Å². The molecule has 0 radical (unpaired) electrons. The summed E-state index contributed by atoms with van der Waals surface area (Å²) in [6, 6.07) is 30.0. The van der Waals surface area contributed by atoms with Gasteiger partial charge in [-0.3, -0.25) is 0 Å². The average Bonchev–Trinajstić information content (AvgIpc) is 3.52. The van der Waals surface area contributed by atoms with Crippen molar-refractivity contribution in [2.75, 3.05) is 0 Å². The van der Waals surface area contributed by atoms with Crippen molar-refractivity contribution in [2.45, 2.75) is 84.5 Å². The molecule has 0 heterocycles. The van der Waals surface area contributed by atoms with Crippen molar-refractivity contribution in [2.24, 2.45) is 0 Å². The molecule has 0 nitrogen and oxygen atoms in total. The molecule has 2 unspecified atom stereocenters. The number of fused-ring (bicyclic) bond motifs is 2. The molecule has 0 N–H and O–H groups in total. The molecule has 0 amide bonds. The number of benzene rings is 2. The molecular formula is C36H42Cl2Zr-2. The van der Waals surface area contributed by atoms with Gasteiger partial charge in [0.25, 0.3) is 0 Å². The number of halogens is 2. The van der Waals surface area contributed by atoms with E-state index in [1.807, 2.05) is 36.4 Å². The Hall–Kier alpha value is -1.53. The molecule has 0 bridgehead atoms. The topological polar surface area (TPSA) is 0 Å². The van der Waals surface area contributed by atoms with Crippen molar-refractivity contribution in [3.05, 3.63) is 129 Å². The maximum absolute atomic E-state index is 6.25. The van der Waals surface area contributed by atoms with Crippen molar-refractivity contribution in [3.8, 4) is 0 Å². The van der Waals surface area contributed by atoms with Gasteiger partial charge in [-0.15, -0.1) is 0 Å². The van der Waals surface area contributed by atoms with Crippen LogP contribution in [-0.4, -0.2) is 3.21 Å². The number of hydrogen-bond donors (Lipinski definition) is 0. The Morgan fingerprint density at radius 2 is 1.21 bits per heavy atom. The van der Waals surface area contributed by atoms with Gasteiger partial charge in [0.15, 0.2) is 0 Å². The first kappa shape index (κ1) is 30.4. The third-order valence-electron chi connectivity index (χ3n) is 8.11. The zero-order valence-electron chi connectivity index (χ0n) is 23.9. The van der Waals surface area contributed by atoms with E-state index >= 15 is 0 Å². The van der Waals surface area contributed by atoms with Gasteiger partial charge in [-0.05, 0) is 0 Å². The Kier molecular flexibility index (Phi) is 11.6. The third-order valence-corrected chi connectivity index (χ3v) is 13.1. The summed E-state index contributed by atoms with van der Waals surface area (Å²) in [5.41, 5.74) is 11.8. The van der Waals surface area contributed by atoms with Crippen molar-refractivity contribution in [1.29, 1.82) is 0 Å². The average molecular weight is 637 g/mol. The van der Waals surface area contributed by atoms with Crippen LogP contribution in [0.3, 0.4) is 0 Å². The quantitative estimate of drug-likeness (QED) is 0.196. The van der Waals surface area contributed by atoms with E-state index in [1.54, 1.807) is 22.3 Å². The maximum atomic E-state index is 6.25. The molecule has 206 valence electrons. The van der Waals surface area contributed by atoms with Crippen LogP contribution >= 0.6 is 17.0 Å². The first-order valence-corrected chi connectivity index (χ1v) is 22.0. The summed E-state index contributed by atoms with van der Waals surface area (Å²) in [5, 5.41) is 0. The number of hydrogen-bond acceptors (Lipinski definition) is 0. The van der Waals surface area contributed by atoms with Gasteiger partial charge >= 0.3 is 117 Å². The van der Waals surface area contributed by atoms with Gasteiger partial charge in [0.1, 0.15) is 0 Å².